The first-order valence-corrected chi connectivity index (χ1v) is 6.08. The summed E-state index contributed by atoms with van der Waals surface area (Å²) in [5.74, 6) is 0.488. The Morgan fingerprint density at radius 3 is 2.83 bits per heavy atom. The third-order valence-electron chi connectivity index (χ3n) is 2.22. The first-order chi connectivity index (χ1) is 8.43. The highest BCUT2D eigenvalue weighted by Crippen LogP contribution is 2.17. The zero-order valence-corrected chi connectivity index (χ0v) is 10.7. The molecule has 0 amide bonds. The molecule has 0 aliphatic heterocycles. The van der Waals surface area contributed by atoms with Crippen LogP contribution in [0.5, 0.6) is 0 Å². The fourth-order valence-electron chi connectivity index (χ4n) is 1.36. The molecule has 0 unspecified atom stereocenters. The smallest absolute Gasteiger partial charge is 0.323 e. The van der Waals surface area contributed by atoms with Gasteiger partial charge in [0.15, 0.2) is 5.12 Å². The number of nitrogens with one attached hydrogen (secondary N) is 1. The first-order valence-electron chi connectivity index (χ1n) is 5.10. The van der Waals surface area contributed by atoms with Crippen LogP contribution in [0.4, 0.5) is 5.69 Å². The van der Waals surface area contributed by atoms with Crippen LogP contribution < -0.4 is 5.56 Å². The van der Waals surface area contributed by atoms with Gasteiger partial charge >= 0.3 is 11.2 Å². The molecular weight excluding hydrogens is 256 g/mol. The molecule has 0 radical (unpaired) electrons. The number of carbonyl (C=O) groups excluding carboxylic acids is 1. The lowest BCUT2D eigenvalue weighted by Crippen LogP contribution is -2.13. The molecule has 6 nitrogen and oxygen atoms in total. The monoisotopic (exact) mass is 268 g/mol. The number of hydrogen-bond donors (Lipinski definition) is 1. The number of rotatable bonds is 4. The van der Waals surface area contributed by atoms with Crippen LogP contribution in [0.15, 0.2) is 17.1 Å². The van der Waals surface area contributed by atoms with Gasteiger partial charge in [0.1, 0.15) is 0 Å². The third-order valence-corrected chi connectivity index (χ3v) is 2.99. The van der Waals surface area contributed by atoms with Gasteiger partial charge in [0.05, 0.1) is 4.92 Å². The molecule has 0 aromatic carbocycles. The Kier molecular flexibility index (Phi) is 4.85. The molecule has 18 heavy (non-hydrogen) atoms. The van der Waals surface area contributed by atoms with E-state index in [1.165, 1.54) is 20.0 Å². The topological polar surface area (TPSA) is 93.1 Å². The van der Waals surface area contributed by atoms with Crippen LogP contribution in [-0.4, -0.2) is 20.8 Å². The molecule has 1 heterocycles. The summed E-state index contributed by atoms with van der Waals surface area (Å²) in [4.78, 5) is 34.3. The van der Waals surface area contributed by atoms with Gasteiger partial charge in [0.2, 0.25) is 0 Å². The summed E-state index contributed by atoms with van der Waals surface area (Å²) < 4.78 is 0. The van der Waals surface area contributed by atoms with Crippen molar-refractivity contribution in [1.29, 1.82) is 0 Å². The number of H-pyrrole nitrogens is 1. The van der Waals surface area contributed by atoms with Crippen molar-refractivity contribution < 1.29 is 9.72 Å². The van der Waals surface area contributed by atoms with E-state index in [9.17, 15) is 19.7 Å². The van der Waals surface area contributed by atoms with Gasteiger partial charge < -0.3 is 4.98 Å². The fourth-order valence-corrected chi connectivity index (χ4v) is 1.79. The predicted octanol–water partition coefficient (Wildman–Crippen LogP) is 1.88. The zero-order chi connectivity index (χ0) is 13.7. The average Bonchev–Trinajstić information content (AvgIpc) is 2.26. The molecule has 7 heteroatoms. The van der Waals surface area contributed by atoms with E-state index >= 15 is 0 Å². The summed E-state index contributed by atoms with van der Waals surface area (Å²) in [7, 11) is 0. The van der Waals surface area contributed by atoms with Gasteiger partial charge in [0.25, 0.3) is 0 Å². The summed E-state index contributed by atoms with van der Waals surface area (Å²) in [6, 6.07) is 0. The van der Waals surface area contributed by atoms with Gasteiger partial charge in [-0.15, -0.1) is 0 Å². The lowest BCUT2D eigenvalue weighted by atomic mass is 10.1. The van der Waals surface area contributed by atoms with E-state index in [0.29, 0.717) is 16.9 Å². The molecule has 0 aliphatic rings. The number of pyridine rings is 1. The molecule has 0 fully saturated rings. The molecule has 0 atom stereocenters. The molecular formula is C11H12N2O4S. The minimum absolute atomic E-state index is 0.00354. The number of nitro groups is 1. The van der Waals surface area contributed by atoms with E-state index in [4.69, 9.17) is 0 Å². The summed E-state index contributed by atoms with van der Waals surface area (Å²) in [5.41, 5.74) is -0.289. The largest absolute Gasteiger partial charge is 0.337 e. The molecule has 1 N–H and O–H groups in total. The normalized spacial score (nSPS) is 10.8. The van der Waals surface area contributed by atoms with Gasteiger partial charge in [-0.3, -0.25) is 19.7 Å². The predicted molar refractivity (Wildman–Crippen MR) is 70.6 cm³/mol. The van der Waals surface area contributed by atoms with Crippen LogP contribution in [0, 0.1) is 17.0 Å². The maximum Gasteiger partial charge on any atom is 0.337 e. The SMILES string of the molecule is CC(=O)SCC=Cc1c[nH]c(=O)c([N+](=O)[O-])c1C. The molecule has 1 aromatic rings. The van der Waals surface area contributed by atoms with Crippen molar-refractivity contribution in [3.05, 3.63) is 43.9 Å². The van der Waals surface area contributed by atoms with Gasteiger partial charge in [-0.1, -0.05) is 23.9 Å². The Hall–Kier alpha value is -1.89. The van der Waals surface area contributed by atoms with Crippen molar-refractivity contribution in [3.63, 3.8) is 0 Å². The maximum atomic E-state index is 11.3. The highest BCUT2D eigenvalue weighted by atomic mass is 32.2. The van der Waals surface area contributed by atoms with Crippen LogP contribution in [0.3, 0.4) is 0 Å². The molecule has 1 rings (SSSR count). The molecule has 1 aromatic heterocycles. The van der Waals surface area contributed by atoms with Crippen LogP contribution in [-0.2, 0) is 4.79 Å². The third kappa shape index (κ3) is 3.56. The van der Waals surface area contributed by atoms with Gasteiger partial charge in [-0.05, 0) is 6.92 Å². The Bertz CT molecular complexity index is 563. The minimum atomic E-state index is -0.715. The Morgan fingerprint density at radius 1 is 1.61 bits per heavy atom. The molecule has 0 aliphatic carbocycles. The van der Waals surface area contributed by atoms with Crippen LogP contribution in [0.2, 0.25) is 0 Å². The number of hydrogen-bond acceptors (Lipinski definition) is 5. The van der Waals surface area contributed by atoms with Crippen molar-refractivity contribution >= 4 is 28.6 Å². The van der Waals surface area contributed by atoms with E-state index < -0.39 is 16.2 Å². The first kappa shape index (κ1) is 14.2. The van der Waals surface area contributed by atoms with E-state index in [2.05, 4.69) is 4.98 Å². The second kappa shape index (κ2) is 6.15. The quantitative estimate of drug-likeness (QED) is 0.664. The summed E-state index contributed by atoms with van der Waals surface area (Å²) in [6.45, 7) is 2.99. The standard InChI is InChI=1S/C11H12N2O4S/c1-7-9(4-3-5-18-8(2)14)6-12-11(15)10(7)13(16)17/h3-4,6H,5H2,1-2H3,(H,12,15). The average molecular weight is 268 g/mol. The Balaban J connectivity index is 2.98. The zero-order valence-electron chi connectivity index (χ0n) is 9.93. The van der Waals surface area contributed by atoms with E-state index in [1.54, 1.807) is 12.2 Å². The lowest BCUT2D eigenvalue weighted by Gasteiger charge is -2.00. The van der Waals surface area contributed by atoms with Gasteiger partial charge in [-0.25, -0.2) is 0 Å². The summed E-state index contributed by atoms with van der Waals surface area (Å²) >= 11 is 1.14. The van der Waals surface area contributed by atoms with Crippen molar-refractivity contribution in [2.24, 2.45) is 0 Å². The van der Waals surface area contributed by atoms with Crippen LogP contribution in [0.1, 0.15) is 18.1 Å². The highest BCUT2D eigenvalue weighted by molar-refractivity contribution is 8.13. The Morgan fingerprint density at radius 2 is 2.28 bits per heavy atom. The van der Waals surface area contributed by atoms with Gasteiger partial charge in [0, 0.05) is 30.0 Å². The van der Waals surface area contributed by atoms with Crippen molar-refractivity contribution in [2.75, 3.05) is 5.75 Å². The highest BCUT2D eigenvalue weighted by Gasteiger charge is 2.17. The molecule has 0 saturated heterocycles. The maximum absolute atomic E-state index is 11.3. The van der Waals surface area contributed by atoms with Crippen molar-refractivity contribution in [1.82, 2.24) is 4.98 Å². The van der Waals surface area contributed by atoms with E-state index in [-0.39, 0.29) is 5.12 Å². The lowest BCUT2D eigenvalue weighted by molar-refractivity contribution is -0.386. The number of nitrogens with zero attached hydrogens (tertiary/aromatic N) is 1. The summed E-state index contributed by atoms with van der Waals surface area (Å²) in [5, 5.41) is 10.7. The number of carbonyl (C=O) groups is 1. The molecule has 0 spiro atoms. The molecule has 96 valence electrons. The Labute approximate surface area is 107 Å². The van der Waals surface area contributed by atoms with Crippen molar-refractivity contribution in [2.45, 2.75) is 13.8 Å². The number of aromatic nitrogens is 1. The molecule has 0 bridgehead atoms. The van der Waals surface area contributed by atoms with Crippen LogP contribution >= 0.6 is 11.8 Å². The second-order valence-electron chi connectivity index (χ2n) is 3.51. The number of aromatic amines is 1. The number of thioether (sulfide) groups is 1. The van der Waals surface area contributed by atoms with E-state index in [0.717, 1.165) is 11.8 Å². The van der Waals surface area contributed by atoms with Gasteiger partial charge in [-0.2, -0.15) is 0 Å². The van der Waals surface area contributed by atoms with Crippen LogP contribution in [0.25, 0.3) is 6.08 Å². The van der Waals surface area contributed by atoms with E-state index in [1.807, 2.05) is 0 Å². The fraction of sp³-hybridized carbons (Fsp3) is 0.273. The molecule has 0 saturated carbocycles. The van der Waals surface area contributed by atoms with Crippen molar-refractivity contribution in [3.8, 4) is 0 Å². The minimum Gasteiger partial charge on any atom is -0.323 e. The summed E-state index contributed by atoms with van der Waals surface area (Å²) in [6.07, 6.45) is 4.78. The second-order valence-corrected chi connectivity index (χ2v) is 4.71.